The molecule has 2 atom stereocenters. The van der Waals surface area contributed by atoms with Gasteiger partial charge in [-0.2, -0.15) is 5.10 Å². The van der Waals surface area contributed by atoms with Crippen LogP contribution in [-0.4, -0.2) is 10.7 Å². The Bertz CT molecular complexity index is 1150. The molecular weight excluding hydrogens is 427 g/mol. The van der Waals surface area contributed by atoms with Crippen LogP contribution in [0.15, 0.2) is 65.8 Å². The normalized spacial score (nSPS) is 19.7. The van der Waals surface area contributed by atoms with Crippen LogP contribution in [-0.2, 0) is 0 Å². The Morgan fingerprint density at radius 3 is 2.39 bits per heavy atom. The van der Waals surface area contributed by atoms with Crippen molar-refractivity contribution in [1.29, 1.82) is 0 Å². The molecule has 2 heterocycles. The molecule has 0 fully saturated rings. The summed E-state index contributed by atoms with van der Waals surface area (Å²) in [5.74, 6) is 1.18. The summed E-state index contributed by atoms with van der Waals surface area (Å²) in [5.41, 5.74) is 6.74. The molecule has 0 bridgehead atoms. The zero-order valence-electron chi connectivity index (χ0n) is 17.8. The maximum atomic E-state index is 6.56. The number of benzene rings is 3. The lowest BCUT2D eigenvalue weighted by molar-refractivity contribution is -0.0189. The Kier molecular flexibility index (Phi) is 5.19. The van der Waals surface area contributed by atoms with E-state index in [1.165, 1.54) is 11.1 Å². The second-order valence-corrected chi connectivity index (χ2v) is 9.45. The van der Waals surface area contributed by atoms with Crippen LogP contribution in [0.25, 0.3) is 0 Å². The fourth-order valence-electron chi connectivity index (χ4n) is 4.30. The van der Waals surface area contributed by atoms with Crippen LogP contribution in [0.5, 0.6) is 5.75 Å². The largest absolute Gasteiger partial charge is 0.463 e. The molecule has 0 radical (unpaired) electrons. The van der Waals surface area contributed by atoms with Crippen LogP contribution in [0.3, 0.4) is 0 Å². The number of rotatable bonds is 3. The number of nitrogens with zero attached hydrogens (tertiary/aromatic N) is 2. The molecule has 0 amide bonds. The standard InChI is InChI=1S/C26H24Cl2N2O/c1-15(2)17-8-10-19(11-9-17)26-30-24(21-12-20(27)13-22(28)25(21)31-26)14-23(29-30)18-6-4-16(3)5-7-18/h4-13,15,24,26H,14H2,1-3H3/t24-,26-/m1/s1. The molecule has 0 aliphatic carbocycles. The number of hydrogen-bond donors (Lipinski definition) is 0. The first-order valence-corrected chi connectivity index (χ1v) is 11.3. The zero-order chi connectivity index (χ0) is 21.7. The summed E-state index contributed by atoms with van der Waals surface area (Å²) >= 11 is 12.9. The minimum absolute atomic E-state index is 0.0195. The molecular formula is C26H24Cl2N2O. The monoisotopic (exact) mass is 450 g/mol. The minimum Gasteiger partial charge on any atom is -0.463 e. The van der Waals surface area contributed by atoms with Gasteiger partial charge in [0.1, 0.15) is 5.75 Å². The van der Waals surface area contributed by atoms with Crippen molar-refractivity contribution >= 4 is 28.9 Å². The Morgan fingerprint density at radius 1 is 1.00 bits per heavy atom. The summed E-state index contributed by atoms with van der Waals surface area (Å²) in [6.45, 7) is 6.48. The van der Waals surface area contributed by atoms with E-state index in [2.05, 4.69) is 74.3 Å². The van der Waals surface area contributed by atoms with Crippen LogP contribution in [0.4, 0.5) is 0 Å². The summed E-state index contributed by atoms with van der Waals surface area (Å²) in [6.07, 6.45) is 0.428. The average Bonchev–Trinajstić information content (AvgIpc) is 3.19. The Labute approximate surface area is 193 Å². The number of aryl methyl sites for hydroxylation is 1. The van der Waals surface area contributed by atoms with Gasteiger partial charge >= 0.3 is 0 Å². The van der Waals surface area contributed by atoms with Gasteiger partial charge in [-0.3, -0.25) is 0 Å². The highest BCUT2D eigenvalue weighted by molar-refractivity contribution is 6.35. The first-order valence-electron chi connectivity index (χ1n) is 10.6. The summed E-state index contributed by atoms with van der Waals surface area (Å²) in [4.78, 5) is 0. The van der Waals surface area contributed by atoms with Crippen LogP contribution >= 0.6 is 23.2 Å². The summed E-state index contributed by atoms with van der Waals surface area (Å²) < 4.78 is 6.45. The lowest BCUT2D eigenvalue weighted by Crippen LogP contribution is -2.33. The Morgan fingerprint density at radius 2 is 1.71 bits per heavy atom. The molecule has 5 heteroatoms. The van der Waals surface area contributed by atoms with Gasteiger partial charge in [0.25, 0.3) is 0 Å². The average molecular weight is 451 g/mol. The number of halogens is 2. The molecule has 3 nitrogen and oxygen atoms in total. The quantitative estimate of drug-likeness (QED) is 0.408. The Balaban J connectivity index is 1.59. The van der Waals surface area contributed by atoms with Gasteiger partial charge in [-0.15, -0.1) is 0 Å². The smallest absolute Gasteiger partial charge is 0.213 e. The van der Waals surface area contributed by atoms with Gasteiger partial charge in [0.15, 0.2) is 0 Å². The number of hydrazone groups is 1. The van der Waals surface area contributed by atoms with Crippen LogP contribution in [0.1, 0.15) is 66.3 Å². The van der Waals surface area contributed by atoms with E-state index in [0.29, 0.717) is 21.7 Å². The van der Waals surface area contributed by atoms with Gasteiger partial charge in [-0.05, 0) is 36.1 Å². The fourth-order valence-corrected chi connectivity index (χ4v) is 4.85. The van der Waals surface area contributed by atoms with Crippen molar-refractivity contribution in [1.82, 2.24) is 5.01 Å². The number of ether oxygens (including phenoxy) is 1. The van der Waals surface area contributed by atoms with Crippen molar-refractivity contribution in [3.63, 3.8) is 0 Å². The van der Waals surface area contributed by atoms with E-state index in [9.17, 15) is 0 Å². The van der Waals surface area contributed by atoms with Gasteiger partial charge in [0.2, 0.25) is 6.23 Å². The molecule has 2 aliphatic heterocycles. The van der Waals surface area contributed by atoms with Crippen molar-refractivity contribution in [2.45, 2.75) is 45.4 Å². The fraction of sp³-hybridized carbons (Fsp3) is 0.269. The second kappa shape index (κ2) is 7.89. The van der Waals surface area contributed by atoms with Crippen LogP contribution in [0.2, 0.25) is 10.0 Å². The van der Waals surface area contributed by atoms with E-state index in [0.717, 1.165) is 28.8 Å². The summed E-state index contributed by atoms with van der Waals surface area (Å²) in [5, 5.41) is 8.23. The molecule has 31 heavy (non-hydrogen) atoms. The molecule has 3 aromatic rings. The first kappa shape index (κ1) is 20.4. The molecule has 3 aromatic carbocycles. The molecule has 0 aromatic heterocycles. The molecule has 0 saturated carbocycles. The maximum absolute atomic E-state index is 6.56. The highest BCUT2D eigenvalue weighted by Gasteiger charge is 2.42. The van der Waals surface area contributed by atoms with E-state index >= 15 is 0 Å². The van der Waals surface area contributed by atoms with Gasteiger partial charge in [-0.1, -0.05) is 91.1 Å². The lowest BCUT2D eigenvalue weighted by atomic mass is 9.95. The highest BCUT2D eigenvalue weighted by Crippen LogP contribution is 2.50. The van der Waals surface area contributed by atoms with Crippen LogP contribution in [0, 0.1) is 6.92 Å². The minimum atomic E-state index is -0.347. The zero-order valence-corrected chi connectivity index (χ0v) is 19.3. The van der Waals surface area contributed by atoms with Crippen molar-refractivity contribution in [3.05, 3.63) is 98.5 Å². The molecule has 0 unspecified atom stereocenters. The van der Waals surface area contributed by atoms with E-state index in [1.807, 2.05) is 6.07 Å². The van der Waals surface area contributed by atoms with Crippen molar-refractivity contribution < 1.29 is 4.74 Å². The van der Waals surface area contributed by atoms with Crippen molar-refractivity contribution in [2.24, 2.45) is 5.10 Å². The molecule has 158 valence electrons. The molecule has 2 aliphatic rings. The molecule has 5 rings (SSSR count). The third-order valence-corrected chi connectivity index (χ3v) is 6.58. The van der Waals surface area contributed by atoms with E-state index < -0.39 is 0 Å². The second-order valence-electron chi connectivity index (χ2n) is 8.61. The van der Waals surface area contributed by atoms with Gasteiger partial charge < -0.3 is 4.74 Å². The first-order chi connectivity index (χ1) is 14.9. The molecule has 0 spiro atoms. The Hall–Kier alpha value is -2.49. The highest BCUT2D eigenvalue weighted by atomic mass is 35.5. The van der Waals surface area contributed by atoms with Crippen molar-refractivity contribution in [2.75, 3.05) is 0 Å². The summed E-state index contributed by atoms with van der Waals surface area (Å²) in [6, 6.07) is 20.8. The predicted octanol–water partition coefficient (Wildman–Crippen LogP) is 7.67. The number of hydrogen-bond acceptors (Lipinski definition) is 3. The SMILES string of the molecule is Cc1ccc(C2=NN3[C@H](C2)c2cc(Cl)cc(Cl)c2O[C@@H]3c2ccc(C(C)C)cc2)cc1. The predicted molar refractivity (Wildman–Crippen MR) is 127 cm³/mol. The van der Waals surface area contributed by atoms with Gasteiger partial charge in [-0.25, -0.2) is 5.01 Å². The van der Waals surface area contributed by atoms with E-state index in [-0.39, 0.29) is 12.3 Å². The third-order valence-electron chi connectivity index (χ3n) is 6.08. The third kappa shape index (κ3) is 3.71. The summed E-state index contributed by atoms with van der Waals surface area (Å²) in [7, 11) is 0. The van der Waals surface area contributed by atoms with Crippen molar-refractivity contribution in [3.8, 4) is 5.75 Å². The lowest BCUT2D eigenvalue weighted by Gasteiger charge is -2.38. The van der Waals surface area contributed by atoms with E-state index in [1.54, 1.807) is 6.07 Å². The van der Waals surface area contributed by atoms with Gasteiger partial charge in [0.05, 0.1) is 16.8 Å². The maximum Gasteiger partial charge on any atom is 0.213 e. The topological polar surface area (TPSA) is 24.8 Å². The van der Waals surface area contributed by atoms with Gasteiger partial charge in [0, 0.05) is 22.6 Å². The van der Waals surface area contributed by atoms with Crippen LogP contribution < -0.4 is 4.74 Å². The number of fused-ring (bicyclic) bond motifs is 3. The van der Waals surface area contributed by atoms with E-state index in [4.69, 9.17) is 33.0 Å². The molecule has 0 saturated heterocycles. The molecule has 0 N–H and O–H groups in total.